The predicted octanol–water partition coefficient (Wildman–Crippen LogP) is 3.83. The van der Waals surface area contributed by atoms with E-state index in [0.717, 1.165) is 22.0 Å². The summed E-state index contributed by atoms with van der Waals surface area (Å²) in [5, 5.41) is 3.98. The Kier molecular flexibility index (Phi) is 5.19. The van der Waals surface area contributed by atoms with E-state index in [-0.39, 0.29) is 11.4 Å². The number of amides is 1. The molecule has 0 fully saturated rings. The average Bonchev–Trinajstić information content (AvgIpc) is 2.42. The van der Waals surface area contributed by atoms with Crippen molar-refractivity contribution < 1.29 is 9.53 Å². The number of pyridine rings is 1. The Morgan fingerprint density at radius 2 is 1.96 bits per heavy atom. The minimum atomic E-state index is -0.580. The lowest BCUT2D eigenvalue weighted by Gasteiger charge is -2.24. The number of ether oxygens (including phenoxy) is 1. The predicted molar refractivity (Wildman–Crippen MR) is 97.0 cm³/mol. The molecule has 4 nitrogen and oxygen atoms in total. The molecule has 0 aliphatic heterocycles. The van der Waals surface area contributed by atoms with Crippen LogP contribution in [0.15, 0.2) is 24.4 Å². The zero-order chi connectivity index (χ0) is 17.2. The maximum absolute atomic E-state index is 12.3. The molecule has 0 saturated heterocycles. The first-order valence-corrected chi connectivity index (χ1v) is 8.87. The van der Waals surface area contributed by atoms with Gasteiger partial charge in [0.2, 0.25) is 5.44 Å². The van der Waals surface area contributed by atoms with Crippen LogP contribution in [0.4, 0.5) is 0 Å². The van der Waals surface area contributed by atoms with Crippen molar-refractivity contribution >= 4 is 28.6 Å². The summed E-state index contributed by atoms with van der Waals surface area (Å²) in [5.41, 5.74) is 2.23. The molecule has 1 heterocycles. The number of carbonyl (C=O) groups is 1. The fourth-order valence-corrected chi connectivity index (χ4v) is 2.82. The molecule has 1 N–H and O–H groups in total. The summed E-state index contributed by atoms with van der Waals surface area (Å²) in [6.07, 6.45) is 3.73. The van der Waals surface area contributed by atoms with Gasteiger partial charge < -0.3 is 10.1 Å². The van der Waals surface area contributed by atoms with E-state index >= 15 is 0 Å². The molecule has 0 bridgehead atoms. The number of benzene rings is 1. The largest absolute Gasteiger partial charge is 0.470 e. The summed E-state index contributed by atoms with van der Waals surface area (Å²) < 4.78 is 5.92. The summed E-state index contributed by atoms with van der Waals surface area (Å²) in [4.78, 5) is 16.8. The third kappa shape index (κ3) is 4.61. The highest BCUT2D eigenvalue weighted by molar-refractivity contribution is 7.99. The van der Waals surface area contributed by atoms with Crippen LogP contribution in [0.1, 0.15) is 31.9 Å². The Morgan fingerprint density at radius 3 is 2.57 bits per heavy atom. The first kappa shape index (κ1) is 17.6. The van der Waals surface area contributed by atoms with E-state index in [9.17, 15) is 4.79 Å². The molecule has 0 aliphatic carbocycles. The van der Waals surface area contributed by atoms with Crippen LogP contribution in [0, 0.1) is 13.8 Å². The molecular formula is C18H24N2O2S. The van der Waals surface area contributed by atoms with E-state index in [1.807, 2.05) is 59.2 Å². The molecule has 1 atom stereocenters. The molecule has 2 aromatic rings. The molecule has 124 valence electrons. The summed E-state index contributed by atoms with van der Waals surface area (Å²) >= 11 is 1.38. The minimum absolute atomic E-state index is 0.120. The standard InChI is InChI=1S/C18H24N2O2S/c1-11-7-13-9-14(8-12(2)15(13)19-10-11)22-17(23-6)16(21)20-18(3,4)5/h7-10,17H,1-6H3,(H,20,21). The summed E-state index contributed by atoms with van der Waals surface area (Å²) in [7, 11) is 0. The second kappa shape index (κ2) is 6.79. The van der Waals surface area contributed by atoms with Gasteiger partial charge in [-0.1, -0.05) is 0 Å². The zero-order valence-corrected chi connectivity index (χ0v) is 15.4. The third-order valence-corrected chi connectivity index (χ3v) is 3.99. The van der Waals surface area contributed by atoms with E-state index in [0.29, 0.717) is 5.75 Å². The monoisotopic (exact) mass is 332 g/mol. The van der Waals surface area contributed by atoms with Crippen LogP contribution < -0.4 is 10.1 Å². The number of aryl methyl sites for hydroxylation is 2. The Hall–Kier alpha value is -1.75. The van der Waals surface area contributed by atoms with Crippen LogP contribution in [-0.2, 0) is 4.79 Å². The Bertz CT molecular complexity index is 723. The maximum Gasteiger partial charge on any atom is 0.272 e. The van der Waals surface area contributed by atoms with Crippen LogP contribution in [0.2, 0.25) is 0 Å². The number of fused-ring (bicyclic) bond motifs is 1. The molecule has 0 radical (unpaired) electrons. The number of nitrogens with one attached hydrogen (secondary N) is 1. The van der Waals surface area contributed by atoms with Crippen molar-refractivity contribution in [1.82, 2.24) is 10.3 Å². The van der Waals surface area contributed by atoms with Crippen LogP contribution in [0.3, 0.4) is 0 Å². The summed E-state index contributed by atoms with van der Waals surface area (Å²) in [5.74, 6) is 0.566. The van der Waals surface area contributed by atoms with Crippen molar-refractivity contribution in [3.63, 3.8) is 0 Å². The molecule has 23 heavy (non-hydrogen) atoms. The van der Waals surface area contributed by atoms with Crippen LogP contribution >= 0.6 is 11.8 Å². The van der Waals surface area contributed by atoms with Crippen LogP contribution in [0.25, 0.3) is 10.9 Å². The Balaban J connectivity index is 2.27. The highest BCUT2D eigenvalue weighted by Gasteiger charge is 2.24. The third-order valence-electron chi connectivity index (χ3n) is 3.25. The normalized spacial score (nSPS) is 13.0. The highest BCUT2D eigenvalue weighted by atomic mass is 32.2. The second-order valence-corrected chi connectivity index (χ2v) is 7.65. The van der Waals surface area contributed by atoms with E-state index in [1.54, 1.807) is 0 Å². The second-order valence-electron chi connectivity index (χ2n) is 6.75. The number of hydrogen-bond donors (Lipinski definition) is 1. The van der Waals surface area contributed by atoms with Gasteiger partial charge in [0.05, 0.1) is 5.52 Å². The number of thioether (sulfide) groups is 1. The van der Waals surface area contributed by atoms with Crippen molar-refractivity contribution in [3.8, 4) is 5.75 Å². The van der Waals surface area contributed by atoms with E-state index in [4.69, 9.17) is 4.74 Å². The number of carbonyl (C=O) groups excluding carboxylic acids is 1. The first-order valence-electron chi connectivity index (χ1n) is 7.58. The van der Waals surface area contributed by atoms with Crippen LogP contribution in [0.5, 0.6) is 5.75 Å². The molecule has 0 saturated carbocycles. The van der Waals surface area contributed by atoms with Gasteiger partial charge in [-0.3, -0.25) is 9.78 Å². The van der Waals surface area contributed by atoms with E-state index in [1.165, 1.54) is 11.8 Å². The molecule has 1 aromatic heterocycles. The van der Waals surface area contributed by atoms with E-state index in [2.05, 4.69) is 16.4 Å². The molecule has 5 heteroatoms. The highest BCUT2D eigenvalue weighted by Crippen LogP contribution is 2.26. The van der Waals surface area contributed by atoms with Gasteiger partial charge >= 0.3 is 0 Å². The van der Waals surface area contributed by atoms with Crippen LogP contribution in [-0.4, -0.2) is 28.1 Å². The van der Waals surface area contributed by atoms with Gasteiger partial charge in [0.25, 0.3) is 5.91 Å². The van der Waals surface area contributed by atoms with Crippen molar-refractivity contribution in [3.05, 3.63) is 35.5 Å². The number of rotatable bonds is 4. The fourth-order valence-electron chi connectivity index (χ4n) is 2.34. The minimum Gasteiger partial charge on any atom is -0.470 e. The summed E-state index contributed by atoms with van der Waals surface area (Å²) in [6.45, 7) is 9.88. The number of nitrogens with zero attached hydrogens (tertiary/aromatic N) is 1. The van der Waals surface area contributed by atoms with E-state index < -0.39 is 5.44 Å². The van der Waals surface area contributed by atoms with Gasteiger partial charge in [0.15, 0.2) is 0 Å². The topological polar surface area (TPSA) is 51.2 Å². The van der Waals surface area contributed by atoms with Gasteiger partial charge in [-0.25, -0.2) is 0 Å². The van der Waals surface area contributed by atoms with Gasteiger partial charge in [0.1, 0.15) is 5.75 Å². The lowest BCUT2D eigenvalue weighted by atomic mass is 10.1. The molecule has 1 unspecified atom stereocenters. The molecule has 1 amide bonds. The SMILES string of the molecule is CSC(Oc1cc(C)c2ncc(C)cc2c1)C(=O)NC(C)(C)C. The molecular weight excluding hydrogens is 308 g/mol. The summed E-state index contributed by atoms with van der Waals surface area (Å²) in [6, 6.07) is 5.94. The molecule has 0 spiro atoms. The van der Waals surface area contributed by atoms with Crippen molar-refractivity contribution in [1.29, 1.82) is 0 Å². The fraction of sp³-hybridized carbons (Fsp3) is 0.444. The number of aromatic nitrogens is 1. The smallest absolute Gasteiger partial charge is 0.272 e. The lowest BCUT2D eigenvalue weighted by molar-refractivity contribution is -0.125. The van der Waals surface area contributed by atoms with Gasteiger partial charge in [-0.05, 0) is 70.2 Å². The van der Waals surface area contributed by atoms with Gasteiger partial charge in [-0.15, -0.1) is 11.8 Å². The average molecular weight is 332 g/mol. The Labute approximate surface area is 142 Å². The Morgan fingerprint density at radius 1 is 1.26 bits per heavy atom. The molecule has 1 aromatic carbocycles. The quantitative estimate of drug-likeness (QED) is 0.865. The number of hydrogen-bond acceptors (Lipinski definition) is 4. The first-order chi connectivity index (χ1) is 10.7. The van der Waals surface area contributed by atoms with Gasteiger partial charge in [-0.2, -0.15) is 0 Å². The zero-order valence-electron chi connectivity index (χ0n) is 14.6. The molecule has 2 rings (SSSR count). The van der Waals surface area contributed by atoms with Crippen molar-refractivity contribution in [2.45, 2.75) is 45.6 Å². The maximum atomic E-state index is 12.3. The molecule has 0 aliphatic rings. The van der Waals surface area contributed by atoms with Crippen molar-refractivity contribution in [2.75, 3.05) is 6.26 Å². The van der Waals surface area contributed by atoms with Gasteiger partial charge in [0, 0.05) is 17.1 Å². The van der Waals surface area contributed by atoms with Crippen molar-refractivity contribution in [2.24, 2.45) is 0 Å². The lowest BCUT2D eigenvalue weighted by Crippen LogP contribution is -2.46.